The molecule has 1 rings (SSSR count). The van der Waals surface area contributed by atoms with Crippen LogP contribution in [0, 0.1) is 6.92 Å². The van der Waals surface area contributed by atoms with Crippen LogP contribution in [0.5, 0.6) is 5.75 Å². The normalized spacial score (nSPS) is 12.6. The molecule has 0 radical (unpaired) electrons. The summed E-state index contributed by atoms with van der Waals surface area (Å²) >= 11 is 3.37. The minimum Gasteiger partial charge on any atom is -0.491 e. The summed E-state index contributed by atoms with van der Waals surface area (Å²) < 4.78 is 6.42. The summed E-state index contributed by atoms with van der Waals surface area (Å²) in [5, 5.41) is 9.02. The summed E-state index contributed by atoms with van der Waals surface area (Å²) in [6.07, 6.45) is -0.428. The van der Waals surface area contributed by atoms with Crippen LogP contribution in [0.2, 0.25) is 0 Å². The number of hydrogen-bond donors (Lipinski definition) is 1. The molecule has 3 heteroatoms. The van der Waals surface area contributed by atoms with E-state index in [4.69, 9.17) is 9.84 Å². The van der Waals surface area contributed by atoms with E-state index in [1.807, 2.05) is 25.1 Å². The summed E-state index contributed by atoms with van der Waals surface area (Å²) in [5.41, 5.74) is 1.06. The monoisotopic (exact) mass is 244 g/mol. The molecule has 0 amide bonds. The van der Waals surface area contributed by atoms with Crippen molar-refractivity contribution in [2.45, 2.75) is 20.0 Å². The molecule has 0 heterocycles. The van der Waals surface area contributed by atoms with E-state index >= 15 is 0 Å². The van der Waals surface area contributed by atoms with Gasteiger partial charge in [-0.25, -0.2) is 0 Å². The Hall–Kier alpha value is -0.540. The molecule has 1 N–H and O–H groups in total. The zero-order valence-corrected chi connectivity index (χ0v) is 9.34. The smallest absolute Gasteiger partial charge is 0.122 e. The number of hydrogen-bond acceptors (Lipinski definition) is 2. The lowest BCUT2D eigenvalue weighted by molar-refractivity contribution is 0.122. The predicted molar refractivity (Wildman–Crippen MR) is 56.1 cm³/mol. The largest absolute Gasteiger partial charge is 0.491 e. The Morgan fingerprint density at radius 1 is 1.54 bits per heavy atom. The van der Waals surface area contributed by atoms with E-state index in [1.54, 1.807) is 6.92 Å². The van der Waals surface area contributed by atoms with Gasteiger partial charge in [0, 0.05) is 4.47 Å². The van der Waals surface area contributed by atoms with Crippen LogP contribution in [0.25, 0.3) is 0 Å². The molecule has 2 nitrogen and oxygen atoms in total. The first-order valence-corrected chi connectivity index (χ1v) is 4.96. The summed E-state index contributed by atoms with van der Waals surface area (Å²) in [6, 6.07) is 5.80. The Bertz CT molecular complexity index is 284. The molecule has 72 valence electrons. The first-order valence-electron chi connectivity index (χ1n) is 4.16. The van der Waals surface area contributed by atoms with Gasteiger partial charge in [0.25, 0.3) is 0 Å². The molecule has 1 aromatic rings. The molecule has 0 saturated heterocycles. The van der Waals surface area contributed by atoms with E-state index in [2.05, 4.69) is 15.9 Å². The topological polar surface area (TPSA) is 29.5 Å². The van der Waals surface area contributed by atoms with Crippen molar-refractivity contribution in [2.24, 2.45) is 0 Å². The quantitative estimate of drug-likeness (QED) is 0.886. The van der Waals surface area contributed by atoms with E-state index in [0.717, 1.165) is 15.8 Å². The van der Waals surface area contributed by atoms with Gasteiger partial charge in [0.1, 0.15) is 12.4 Å². The van der Waals surface area contributed by atoms with Crippen molar-refractivity contribution in [3.63, 3.8) is 0 Å². The van der Waals surface area contributed by atoms with Gasteiger partial charge in [-0.3, -0.25) is 0 Å². The van der Waals surface area contributed by atoms with Crippen LogP contribution in [0.1, 0.15) is 12.5 Å². The van der Waals surface area contributed by atoms with E-state index in [0.29, 0.717) is 6.61 Å². The molecule has 1 aromatic carbocycles. The Morgan fingerprint density at radius 3 is 2.77 bits per heavy atom. The standard InChI is InChI=1S/C10H13BrO2/c1-7-5-9(11)3-4-10(7)13-6-8(2)12/h3-5,8,12H,6H2,1-2H3/t8-/m0/s1. The van der Waals surface area contributed by atoms with Crippen LogP contribution in [-0.2, 0) is 0 Å². The maximum absolute atomic E-state index is 9.02. The van der Waals surface area contributed by atoms with Crippen molar-refractivity contribution < 1.29 is 9.84 Å². The highest BCUT2D eigenvalue weighted by molar-refractivity contribution is 9.10. The van der Waals surface area contributed by atoms with Gasteiger partial charge in [0.2, 0.25) is 0 Å². The Morgan fingerprint density at radius 2 is 2.23 bits per heavy atom. The minimum absolute atomic E-state index is 0.336. The highest BCUT2D eigenvalue weighted by Crippen LogP contribution is 2.22. The third-order valence-corrected chi connectivity index (χ3v) is 2.11. The first kappa shape index (κ1) is 10.5. The third-order valence-electron chi connectivity index (χ3n) is 1.62. The molecule has 13 heavy (non-hydrogen) atoms. The average molecular weight is 245 g/mol. The summed E-state index contributed by atoms with van der Waals surface area (Å²) in [7, 11) is 0. The number of halogens is 1. The zero-order valence-electron chi connectivity index (χ0n) is 7.75. The first-order chi connectivity index (χ1) is 6.09. The van der Waals surface area contributed by atoms with E-state index in [9.17, 15) is 0 Å². The van der Waals surface area contributed by atoms with Crippen LogP contribution >= 0.6 is 15.9 Å². The van der Waals surface area contributed by atoms with Crippen LogP contribution in [0.15, 0.2) is 22.7 Å². The van der Waals surface area contributed by atoms with Crippen LogP contribution in [-0.4, -0.2) is 17.8 Å². The summed E-state index contributed by atoms with van der Waals surface area (Å²) in [6.45, 7) is 4.01. The van der Waals surface area contributed by atoms with Crippen molar-refractivity contribution in [3.05, 3.63) is 28.2 Å². The Kier molecular flexibility index (Phi) is 3.75. The molecule has 1 atom stereocenters. The van der Waals surface area contributed by atoms with Crippen molar-refractivity contribution in [1.29, 1.82) is 0 Å². The van der Waals surface area contributed by atoms with E-state index in [-0.39, 0.29) is 0 Å². The number of aryl methyl sites for hydroxylation is 1. The number of benzene rings is 1. The van der Waals surface area contributed by atoms with Crippen molar-refractivity contribution in [3.8, 4) is 5.75 Å². The van der Waals surface area contributed by atoms with Gasteiger partial charge in [-0.05, 0) is 37.6 Å². The van der Waals surface area contributed by atoms with E-state index in [1.165, 1.54) is 0 Å². The maximum Gasteiger partial charge on any atom is 0.122 e. The number of aliphatic hydroxyl groups excluding tert-OH is 1. The molecule has 0 aromatic heterocycles. The predicted octanol–water partition coefficient (Wildman–Crippen LogP) is 2.52. The molecule has 0 fully saturated rings. The van der Waals surface area contributed by atoms with Crippen molar-refractivity contribution in [2.75, 3.05) is 6.61 Å². The second kappa shape index (κ2) is 4.63. The number of rotatable bonds is 3. The fourth-order valence-electron chi connectivity index (χ4n) is 0.985. The van der Waals surface area contributed by atoms with Crippen LogP contribution in [0.3, 0.4) is 0 Å². The SMILES string of the molecule is Cc1cc(Br)ccc1OC[C@H](C)O. The zero-order chi connectivity index (χ0) is 9.84. The molecule has 0 aliphatic carbocycles. The lowest BCUT2D eigenvalue weighted by Crippen LogP contribution is -2.13. The number of aliphatic hydroxyl groups is 1. The average Bonchev–Trinajstić information content (AvgIpc) is 2.02. The molecule has 0 spiro atoms. The fourth-order valence-corrected chi connectivity index (χ4v) is 1.46. The van der Waals surface area contributed by atoms with Crippen molar-refractivity contribution >= 4 is 15.9 Å². The lowest BCUT2D eigenvalue weighted by atomic mass is 10.2. The van der Waals surface area contributed by atoms with Gasteiger partial charge < -0.3 is 9.84 Å². The van der Waals surface area contributed by atoms with E-state index < -0.39 is 6.10 Å². The minimum atomic E-state index is -0.428. The fraction of sp³-hybridized carbons (Fsp3) is 0.400. The highest BCUT2D eigenvalue weighted by Gasteiger charge is 2.01. The third kappa shape index (κ3) is 3.36. The molecule has 0 bridgehead atoms. The van der Waals surface area contributed by atoms with Crippen LogP contribution < -0.4 is 4.74 Å². The molecule has 0 aliphatic rings. The molecule has 0 saturated carbocycles. The Labute approximate surface area is 86.7 Å². The maximum atomic E-state index is 9.02. The molecular formula is C10H13BrO2. The second-order valence-corrected chi connectivity index (χ2v) is 3.99. The van der Waals surface area contributed by atoms with Crippen molar-refractivity contribution in [1.82, 2.24) is 0 Å². The van der Waals surface area contributed by atoms with Gasteiger partial charge in [0.05, 0.1) is 6.10 Å². The summed E-state index contributed by atoms with van der Waals surface area (Å²) in [4.78, 5) is 0. The van der Waals surface area contributed by atoms with Gasteiger partial charge >= 0.3 is 0 Å². The lowest BCUT2D eigenvalue weighted by Gasteiger charge is -2.10. The highest BCUT2D eigenvalue weighted by atomic mass is 79.9. The second-order valence-electron chi connectivity index (χ2n) is 3.07. The Balaban J connectivity index is 2.67. The number of ether oxygens (including phenoxy) is 1. The van der Waals surface area contributed by atoms with Gasteiger partial charge in [-0.2, -0.15) is 0 Å². The molecule has 0 aliphatic heterocycles. The van der Waals surface area contributed by atoms with Gasteiger partial charge in [-0.15, -0.1) is 0 Å². The molecule has 0 unspecified atom stereocenters. The van der Waals surface area contributed by atoms with Crippen LogP contribution in [0.4, 0.5) is 0 Å². The van der Waals surface area contributed by atoms with Gasteiger partial charge in [-0.1, -0.05) is 15.9 Å². The van der Waals surface area contributed by atoms with Gasteiger partial charge in [0.15, 0.2) is 0 Å². The summed E-state index contributed by atoms with van der Waals surface area (Å²) in [5.74, 6) is 0.823. The molecular weight excluding hydrogens is 232 g/mol.